The molecule has 29 heavy (non-hydrogen) atoms. The third-order valence-electron chi connectivity index (χ3n) is 4.82. The van der Waals surface area contributed by atoms with Crippen LogP contribution in [0.25, 0.3) is 0 Å². The van der Waals surface area contributed by atoms with Gasteiger partial charge in [-0.25, -0.2) is 4.79 Å². The van der Waals surface area contributed by atoms with Crippen LogP contribution in [-0.4, -0.2) is 36.0 Å². The molecule has 1 heterocycles. The lowest BCUT2D eigenvalue weighted by Gasteiger charge is -2.28. The maximum absolute atomic E-state index is 12.3. The summed E-state index contributed by atoms with van der Waals surface area (Å²) in [5.41, 5.74) is 1.76. The van der Waals surface area contributed by atoms with Crippen molar-refractivity contribution in [3.05, 3.63) is 64.2 Å². The second-order valence-electron chi connectivity index (χ2n) is 6.94. The van der Waals surface area contributed by atoms with E-state index in [2.05, 4.69) is 10.2 Å². The fourth-order valence-electron chi connectivity index (χ4n) is 3.15. The number of carbonyl (C=O) groups excluding carboxylic acids is 2. The lowest BCUT2D eigenvalue weighted by molar-refractivity contribution is -0.384. The zero-order valence-electron chi connectivity index (χ0n) is 16.2. The van der Waals surface area contributed by atoms with Crippen LogP contribution >= 0.6 is 0 Å². The third kappa shape index (κ3) is 5.31. The Morgan fingerprint density at radius 1 is 1.03 bits per heavy atom. The number of hydrogen-bond donors (Lipinski definition) is 1. The molecule has 2 aromatic carbocycles. The SMILES string of the molecule is CC(OC(=O)c1ccc([N+](=O)[O-])cc1)C(=O)Nc1ccc(N2CCCCC2)cc1. The van der Waals surface area contributed by atoms with Crippen molar-refractivity contribution in [1.29, 1.82) is 0 Å². The number of anilines is 2. The summed E-state index contributed by atoms with van der Waals surface area (Å²) in [6, 6.07) is 12.6. The van der Waals surface area contributed by atoms with E-state index >= 15 is 0 Å². The molecule has 1 aliphatic heterocycles. The minimum atomic E-state index is -1.01. The Labute approximate surface area is 168 Å². The van der Waals surface area contributed by atoms with Gasteiger partial charge in [0.05, 0.1) is 10.5 Å². The largest absolute Gasteiger partial charge is 0.449 e. The van der Waals surface area contributed by atoms with E-state index in [1.807, 2.05) is 24.3 Å². The topological polar surface area (TPSA) is 102 Å². The first-order valence-corrected chi connectivity index (χ1v) is 9.55. The summed E-state index contributed by atoms with van der Waals surface area (Å²) >= 11 is 0. The summed E-state index contributed by atoms with van der Waals surface area (Å²) in [7, 11) is 0. The first-order valence-electron chi connectivity index (χ1n) is 9.55. The molecule has 0 bridgehead atoms. The van der Waals surface area contributed by atoms with Crippen molar-refractivity contribution in [1.82, 2.24) is 0 Å². The van der Waals surface area contributed by atoms with Gasteiger partial charge in [-0.1, -0.05) is 0 Å². The fourth-order valence-corrected chi connectivity index (χ4v) is 3.15. The molecule has 0 spiro atoms. The van der Waals surface area contributed by atoms with Gasteiger partial charge in [0.2, 0.25) is 0 Å². The number of amides is 1. The summed E-state index contributed by atoms with van der Waals surface area (Å²) in [6.07, 6.45) is 2.63. The number of hydrogen-bond acceptors (Lipinski definition) is 6. The summed E-state index contributed by atoms with van der Waals surface area (Å²) in [5, 5.41) is 13.4. The highest BCUT2D eigenvalue weighted by molar-refractivity contribution is 5.97. The van der Waals surface area contributed by atoms with E-state index in [-0.39, 0.29) is 11.3 Å². The average molecular weight is 397 g/mol. The molecule has 8 heteroatoms. The summed E-state index contributed by atoms with van der Waals surface area (Å²) in [5.74, 6) is -1.17. The normalized spacial score (nSPS) is 14.7. The van der Waals surface area contributed by atoms with Gasteiger partial charge < -0.3 is 15.0 Å². The number of nitrogens with one attached hydrogen (secondary N) is 1. The van der Waals surface area contributed by atoms with Crippen LogP contribution in [0.15, 0.2) is 48.5 Å². The molecule has 1 fully saturated rings. The predicted molar refractivity (Wildman–Crippen MR) is 109 cm³/mol. The van der Waals surface area contributed by atoms with Gasteiger partial charge >= 0.3 is 5.97 Å². The van der Waals surface area contributed by atoms with Crippen molar-refractivity contribution in [2.24, 2.45) is 0 Å². The van der Waals surface area contributed by atoms with Crippen LogP contribution in [0.5, 0.6) is 0 Å². The van der Waals surface area contributed by atoms with Gasteiger partial charge in [-0.2, -0.15) is 0 Å². The maximum atomic E-state index is 12.3. The number of benzene rings is 2. The van der Waals surface area contributed by atoms with Gasteiger partial charge in [-0.15, -0.1) is 0 Å². The van der Waals surface area contributed by atoms with Crippen LogP contribution in [0.4, 0.5) is 17.1 Å². The molecule has 1 aliphatic rings. The van der Waals surface area contributed by atoms with Crippen molar-refractivity contribution in [2.75, 3.05) is 23.3 Å². The molecule has 0 radical (unpaired) electrons. The van der Waals surface area contributed by atoms with Crippen molar-refractivity contribution >= 4 is 28.9 Å². The minimum absolute atomic E-state index is 0.125. The molecule has 8 nitrogen and oxygen atoms in total. The van der Waals surface area contributed by atoms with Gasteiger partial charge in [0.15, 0.2) is 6.10 Å². The molecule has 0 aliphatic carbocycles. The van der Waals surface area contributed by atoms with Crippen LogP contribution in [0.1, 0.15) is 36.5 Å². The van der Waals surface area contributed by atoms with Gasteiger partial charge in [-0.3, -0.25) is 14.9 Å². The monoisotopic (exact) mass is 397 g/mol. The lowest BCUT2D eigenvalue weighted by Crippen LogP contribution is -2.30. The number of esters is 1. The number of nitro groups is 1. The quantitative estimate of drug-likeness (QED) is 0.452. The summed E-state index contributed by atoms with van der Waals surface area (Å²) in [4.78, 5) is 36.9. The fraction of sp³-hybridized carbons (Fsp3) is 0.333. The molecule has 0 aromatic heterocycles. The Bertz CT molecular complexity index is 874. The second-order valence-corrected chi connectivity index (χ2v) is 6.94. The summed E-state index contributed by atoms with van der Waals surface area (Å²) in [6.45, 7) is 3.56. The highest BCUT2D eigenvalue weighted by Crippen LogP contribution is 2.22. The summed E-state index contributed by atoms with van der Waals surface area (Å²) < 4.78 is 5.16. The maximum Gasteiger partial charge on any atom is 0.338 e. The number of ether oxygens (including phenoxy) is 1. The van der Waals surface area contributed by atoms with E-state index in [9.17, 15) is 19.7 Å². The molecule has 1 amide bonds. The van der Waals surface area contributed by atoms with E-state index in [0.29, 0.717) is 5.69 Å². The van der Waals surface area contributed by atoms with Crippen LogP contribution in [0.2, 0.25) is 0 Å². The van der Waals surface area contributed by atoms with Crippen LogP contribution in [0, 0.1) is 10.1 Å². The van der Waals surface area contributed by atoms with E-state index in [1.165, 1.54) is 50.5 Å². The first-order chi connectivity index (χ1) is 13.9. The zero-order valence-corrected chi connectivity index (χ0v) is 16.2. The lowest BCUT2D eigenvalue weighted by atomic mass is 10.1. The number of nitro benzene ring substituents is 1. The van der Waals surface area contributed by atoms with E-state index in [0.717, 1.165) is 18.8 Å². The van der Waals surface area contributed by atoms with E-state index in [1.54, 1.807) is 0 Å². The Morgan fingerprint density at radius 2 is 1.66 bits per heavy atom. The van der Waals surface area contributed by atoms with Crippen LogP contribution < -0.4 is 10.2 Å². The smallest absolute Gasteiger partial charge is 0.338 e. The standard InChI is InChI=1S/C21H23N3O5/c1-15(29-21(26)16-5-9-19(10-6-16)24(27)28)20(25)22-17-7-11-18(12-8-17)23-13-3-2-4-14-23/h5-12,15H,2-4,13-14H2,1H3,(H,22,25). The van der Waals surface area contributed by atoms with Gasteiger partial charge in [-0.05, 0) is 62.6 Å². The van der Waals surface area contributed by atoms with Crippen LogP contribution in [0.3, 0.4) is 0 Å². The van der Waals surface area contributed by atoms with Gasteiger partial charge in [0, 0.05) is 36.6 Å². The molecule has 2 aromatic rings. The molecule has 1 saturated heterocycles. The number of nitrogens with zero attached hydrogens (tertiary/aromatic N) is 2. The third-order valence-corrected chi connectivity index (χ3v) is 4.82. The molecule has 1 N–H and O–H groups in total. The van der Waals surface area contributed by atoms with Crippen molar-refractivity contribution in [2.45, 2.75) is 32.3 Å². The van der Waals surface area contributed by atoms with Gasteiger partial charge in [0.25, 0.3) is 11.6 Å². The Morgan fingerprint density at radius 3 is 2.24 bits per heavy atom. The Hall–Kier alpha value is -3.42. The number of carbonyl (C=O) groups is 2. The van der Waals surface area contributed by atoms with Crippen molar-refractivity contribution < 1.29 is 19.2 Å². The Balaban J connectivity index is 1.54. The van der Waals surface area contributed by atoms with E-state index < -0.39 is 22.9 Å². The average Bonchev–Trinajstić information content (AvgIpc) is 2.74. The molecule has 3 rings (SSSR count). The van der Waals surface area contributed by atoms with Crippen LogP contribution in [-0.2, 0) is 9.53 Å². The van der Waals surface area contributed by atoms with E-state index in [4.69, 9.17) is 4.74 Å². The molecule has 0 saturated carbocycles. The molecule has 1 atom stereocenters. The highest BCUT2D eigenvalue weighted by atomic mass is 16.6. The predicted octanol–water partition coefficient (Wildman–Crippen LogP) is 3.77. The molecular weight excluding hydrogens is 374 g/mol. The Kier molecular flexibility index (Phi) is 6.43. The number of rotatable bonds is 6. The van der Waals surface area contributed by atoms with Crippen molar-refractivity contribution in [3.8, 4) is 0 Å². The molecule has 1 unspecified atom stereocenters. The van der Waals surface area contributed by atoms with Crippen molar-refractivity contribution in [3.63, 3.8) is 0 Å². The highest BCUT2D eigenvalue weighted by Gasteiger charge is 2.20. The molecular formula is C21H23N3O5. The first kappa shape index (κ1) is 20.3. The number of non-ortho nitro benzene ring substituents is 1. The molecule has 152 valence electrons. The minimum Gasteiger partial charge on any atom is -0.449 e. The second kappa shape index (κ2) is 9.18. The number of piperidine rings is 1. The zero-order chi connectivity index (χ0) is 20.8. The van der Waals surface area contributed by atoms with Gasteiger partial charge in [0.1, 0.15) is 0 Å².